The van der Waals surface area contributed by atoms with E-state index in [1.54, 1.807) is 0 Å². The van der Waals surface area contributed by atoms with Crippen LogP contribution in [0.3, 0.4) is 0 Å². The minimum atomic E-state index is -4.84. The van der Waals surface area contributed by atoms with E-state index in [1.165, 1.54) is 34.8 Å². The van der Waals surface area contributed by atoms with Gasteiger partial charge in [-0.05, 0) is 32.0 Å². The largest absolute Gasteiger partial charge is 0.573 e. The van der Waals surface area contributed by atoms with E-state index in [1.807, 2.05) is 19.2 Å². The molecule has 142 valence electrons. The summed E-state index contributed by atoms with van der Waals surface area (Å²) in [7, 11) is 0. The van der Waals surface area contributed by atoms with Crippen LogP contribution < -0.4 is 10.5 Å². The van der Waals surface area contributed by atoms with Gasteiger partial charge >= 0.3 is 6.36 Å². The van der Waals surface area contributed by atoms with Gasteiger partial charge in [-0.3, -0.25) is 4.79 Å². The molecule has 0 aliphatic carbocycles. The Labute approximate surface area is 160 Å². The Bertz CT molecular complexity index is 996. The fourth-order valence-corrected chi connectivity index (χ4v) is 4.29. The molecule has 0 aliphatic rings. The van der Waals surface area contributed by atoms with Crippen molar-refractivity contribution in [2.75, 3.05) is 0 Å². The number of hydrogen-bond acceptors (Lipinski definition) is 6. The highest BCUT2D eigenvalue weighted by Crippen LogP contribution is 2.33. The number of aryl methyl sites for hydroxylation is 2. The number of aromatic nitrogens is 2. The summed E-state index contributed by atoms with van der Waals surface area (Å²) in [6.45, 7) is 3.77. The van der Waals surface area contributed by atoms with Crippen LogP contribution in [-0.2, 0) is 6.42 Å². The number of alkyl halides is 3. The second-order valence-electron chi connectivity index (χ2n) is 5.69. The van der Waals surface area contributed by atoms with E-state index in [2.05, 4.69) is 14.7 Å². The van der Waals surface area contributed by atoms with Crippen LogP contribution in [0.5, 0.6) is 5.75 Å². The molecular formula is C17H14F3N3O2S2. The summed E-state index contributed by atoms with van der Waals surface area (Å²) >= 11 is 2.82. The lowest BCUT2D eigenvalue weighted by Crippen LogP contribution is -2.19. The van der Waals surface area contributed by atoms with Crippen LogP contribution in [-0.4, -0.2) is 22.2 Å². The van der Waals surface area contributed by atoms with Crippen LogP contribution in [0.4, 0.5) is 13.2 Å². The zero-order valence-corrected chi connectivity index (χ0v) is 15.9. The Balaban J connectivity index is 1.93. The van der Waals surface area contributed by atoms with Crippen molar-refractivity contribution in [3.8, 4) is 16.3 Å². The predicted octanol–water partition coefficient (Wildman–Crippen LogP) is 4.47. The van der Waals surface area contributed by atoms with Crippen molar-refractivity contribution in [2.24, 2.45) is 5.73 Å². The molecule has 0 unspecified atom stereocenters. The third-order valence-electron chi connectivity index (χ3n) is 3.60. The number of ether oxygens (including phenoxy) is 1. The van der Waals surface area contributed by atoms with Crippen LogP contribution in [0.25, 0.3) is 10.6 Å². The minimum Gasteiger partial charge on any atom is -0.405 e. The highest BCUT2D eigenvalue weighted by Gasteiger charge is 2.32. The average Bonchev–Trinajstić information content (AvgIpc) is 3.13. The standard InChI is InChI=1S/C17H14F3N3O2S2/c1-8-15(27-9(2)22-8)12-7-26-14(23-12)6-11-5-10(16(21)24)3-4-13(11)25-17(18,19)20/h3-5,7H,6H2,1-2H3,(H2,21,24). The zero-order chi connectivity index (χ0) is 19.8. The first-order chi connectivity index (χ1) is 12.6. The maximum absolute atomic E-state index is 12.7. The average molecular weight is 413 g/mol. The van der Waals surface area contributed by atoms with Gasteiger partial charge in [-0.2, -0.15) is 0 Å². The van der Waals surface area contributed by atoms with Crippen LogP contribution in [0.2, 0.25) is 0 Å². The molecule has 0 fully saturated rings. The molecule has 1 aromatic carbocycles. The van der Waals surface area contributed by atoms with Crippen molar-refractivity contribution >= 4 is 28.6 Å². The summed E-state index contributed by atoms with van der Waals surface area (Å²) in [5, 5.41) is 3.33. The van der Waals surface area contributed by atoms with E-state index in [-0.39, 0.29) is 23.3 Å². The van der Waals surface area contributed by atoms with Gasteiger partial charge in [0.05, 0.1) is 26.3 Å². The first-order valence-corrected chi connectivity index (χ1v) is 9.39. The summed E-state index contributed by atoms with van der Waals surface area (Å²) in [5.41, 5.74) is 7.09. The molecule has 2 N–H and O–H groups in total. The maximum Gasteiger partial charge on any atom is 0.573 e. The molecule has 5 nitrogen and oxygen atoms in total. The summed E-state index contributed by atoms with van der Waals surface area (Å²) in [6, 6.07) is 3.59. The van der Waals surface area contributed by atoms with Gasteiger partial charge in [-0.1, -0.05) is 0 Å². The number of carbonyl (C=O) groups is 1. The number of halogens is 3. The Morgan fingerprint density at radius 1 is 1.26 bits per heavy atom. The number of benzene rings is 1. The number of nitrogens with two attached hydrogens (primary N) is 1. The van der Waals surface area contributed by atoms with Crippen molar-refractivity contribution in [3.05, 3.63) is 50.4 Å². The van der Waals surface area contributed by atoms with E-state index in [4.69, 9.17) is 5.73 Å². The van der Waals surface area contributed by atoms with Crippen molar-refractivity contribution < 1.29 is 22.7 Å². The molecule has 1 amide bonds. The van der Waals surface area contributed by atoms with Gasteiger partial charge in [0, 0.05) is 22.9 Å². The molecule has 2 heterocycles. The van der Waals surface area contributed by atoms with Crippen molar-refractivity contribution in [2.45, 2.75) is 26.6 Å². The Morgan fingerprint density at radius 2 is 2.00 bits per heavy atom. The molecule has 0 bridgehead atoms. The van der Waals surface area contributed by atoms with Gasteiger partial charge in [-0.15, -0.1) is 35.8 Å². The lowest BCUT2D eigenvalue weighted by molar-refractivity contribution is -0.274. The monoisotopic (exact) mass is 413 g/mol. The Kier molecular flexibility index (Phi) is 5.20. The number of primary amides is 1. The topological polar surface area (TPSA) is 78.1 Å². The summed E-state index contributed by atoms with van der Waals surface area (Å²) in [5.74, 6) is -1.11. The summed E-state index contributed by atoms with van der Waals surface area (Å²) in [6.07, 6.45) is -4.76. The minimum absolute atomic E-state index is 0.0774. The summed E-state index contributed by atoms with van der Waals surface area (Å²) < 4.78 is 42.0. The second-order valence-corrected chi connectivity index (χ2v) is 7.83. The van der Waals surface area contributed by atoms with Crippen LogP contribution in [0.1, 0.15) is 31.6 Å². The fourth-order valence-electron chi connectivity index (χ4n) is 2.52. The molecule has 3 rings (SSSR count). The third-order valence-corrected chi connectivity index (χ3v) is 5.54. The number of thiazole rings is 2. The summed E-state index contributed by atoms with van der Waals surface area (Å²) in [4.78, 5) is 21.1. The zero-order valence-electron chi connectivity index (χ0n) is 14.3. The van der Waals surface area contributed by atoms with Crippen molar-refractivity contribution in [1.29, 1.82) is 0 Å². The molecule has 3 aromatic rings. The number of carbonyl (C=O) groups excluding carboxylic acids is 1. The van der Waals surface area contributed by atoms with Crippen LogP contribution >= 0.6 is 22.7 Å². The van der Waals surface area contributed by atoms with Crippen molar-refractivity contribution in [1.82, 2.24) is 9.97 Å². The van der Waals surface area contributed by atoms with Crippen LogP contribution in [0.15, 0.2) is 23.6 Å². The van der Waals surface area contributed by atoms with E-state index in [0.717, 1.165) is 27.3 Å². The smallest absolute Gasteiger partial charge is 0.405 e. The molecule has 0 saturated carbocycles. The number of nitrogens with zero attached hydrogens (tertiary/aromatic N) is 2. The van der Waals surface area contributed by atoms with Gasteiger partial charge in [0.1, 0.15) is 5.75 Å². The van der Waals surface area contributed by atoms with E-state index in [0.29, 0.717) is 5.01 Å². The Morgan fingerprint density at radius 3 is 2.59 bits per heavy atom. The Hall–Kier alpha value is -2.46. The first kappa shape index (κ1) is 19.3. The molecule has 27 heavy (non-hydrogen) atoms. The van der Waals surface area contributed by atoms with E-state index >= 15 is 0 Å². The first-order valence-electron chi connectivity index (χ1n) is 7.69. The van der Waals surface area contributed by atoms with E-state index < -0.39 is 12.3 Å². The third kappa shape index (κ3) is 4.64. The molecule has 0 aliphatic heterocycles. The molecule has 0 radical (unpaired) electrons. The second kappa shape index (κ2) is 7.28. The highest BCUT2D eigenvalue weighted by atomic mass is 32.1. The fraction of sp³-hybridized carbons (Fsp3) is 0.235. The van der Waals surface area contributed by atoms with E-state index in [9.17, 15) is 18.0 Å². The lowest BCUT2D eigenvalue weighted by atomic mass is 10.1. The molecule has 10 heteroatoms. The van der Waals surface area contributed by atoms with Gasteiger partial charge in [0.2, 0.25) is 5.91 Å². The molecule has 0 spiro atoms. The molecular weight excluding hydrogens is 399 g/mol. The number of hydrogen-bond donors (Lipinski definition) is 1. The highest BCUT2D eigenvalue weighted by molar-refractivity contribution is 7.15. The number of amides is 1. The van der Waals surface area contributed by atoms with Gasteiger partial charge < -0.3 is 10.5 Å². The normalized spacial score (nSPS) is 11.6. The van der Waals surface area contributed by atoms with Gasteiger partial charge in [0.25, 0.3) is 0 Å². The molecule has 0 atom stereocenters. The van der Waals surface area contributed by atoms with Gasteiger partial charge in [0.15, 0.2) is 0 Å². The van der Waals surface area contributed by atoms with Gasteiger partial charge in [-0.25, -0.2) is 9.97 Å². The maximum atomic E-state index is 12.7. The molecule has 0 saturated heterocycles. The van der Waals surface area contributed by atoms with Crippen LogP contribution in [0, 0.1) is 13.8 Å². The SMILES string of the molecule is Cc1nc(C)c(-c2csc(Cc3cc(C(N)=O)ccc3OC(F)(F)F)n2)s1. The quantitative estimate of drug-likeness (QED) is 0.669. The molecule has 2 aromatic heterocycles. The predicted molar refractivity (Wildman–Crippen MR) is 97.1 cm³/mol. The van der Waals surface area contributed by atoms with Crippen molar-refractivity contribution in [3.63, 3.8) is 0 Å². The lowest BCUT2D eigenvalue weighted by Gasteiger charge is -2.13. The number of rotatable bonds is 5.